The van der Waals surface area contributed by atoms with E-state index in [4.69, 9.17) is 5.73 Å². The molecular formula is C17H30N4. The first-order chi connectivity index (χ1) is 9.84. The lowest BCUT2D eigenvalue weighted by atomic mass is 9.75. The lowest BCUT2D eigenvalue weighted by molar-refractivity contribution is 0.222. The van der Waals surface area contributed by atoms with Gasteiger partial charge in [0, 0.05) is 25.6 Å². The highest BCUT2D eigenvalue weighted by Gasteiger charge is 2.29. The Labute approximate surface area is 129 Å². The zero-order valence-corrected chi connectivity index (χ0v) is 14.2. The summed E-state index contributed by atoms with van der Waals surface area (Å²) >= 11 is 0. The van der Waals surface area contributed by atoms with Crippen molar-refractivity contribution in [3.63, 3.8) is 0 Å². The van der Waals surface area contributed by atoms with Crippen molar-refractivity contribution in [3.05, 3.63) is 17.7 Å². The van der Waals surface area contributed by atoms with Crippen molar-refractivity contribution in [2.45, 2.75) is 71.9 Å². The van der Waals surface area contributed by atoms with Gasteiger partial charge in [0.25, 0.3) is 0 Å². The molecule has 0 saturated heterocycles. The molecule has 21 heavy (non-hydrogen) atoms. The molecule has 0 spiro atoms. The Morgan fingerprint density at radius 2 is 1.95 bits per heavy atom. The Balaban J connectivity index is 2.17. The molecule has 1 aliphatic rings. The molecule has 118 valence electrons. The van der Waals surface area contributed by atoms with Crippen LogP contribution in [-0.2, 0) is 6.54 Å². The maximum absolute atomic E-state index is 5.91. The standard InChI is InChI=1S/C17H30N4/c1-12(2)16-19-11-15(14(10-18)20-16)21(5)13-6-8-17(3,4)9-7-13/h11-13H,6-10,18H2,1-5H3. The van der Waals surface area contributed by atoms with Gasteiger partial charge in [-0.25, -0.2) is 9.97 Å². The summed E-state index contributed by atoms with van der Waals surface area (Å²) in [6.07, 6.45) is 7.00. The van der Waals surface area contributed by atoms with Gasteiger partial charge in [-0.1, -0.05) is 27.7 Å². The Kier molecular flexibility index (Phi) is 4.87. The molecular weight excluding hydrogens is 260 g/mol. The van der Waals surface area contributed by atoms with Gasteiger partial charge in [-0.3, -0.25) is 0 Å². The first-order valence-corrected chi connectivity index (χ1v) is 8.13. The summed E-state index contributed by atoms with van der Waals surface area (Å²) in [4.78, 5) is 11.5. The summed E-state index contributed by atoms with van der Waals surface area (Å²) < 4.78 is 0. The van der Waals surface area contributed by atoms with E-state index in [2.05, 4.69) is 49.6 Å². The summed E-state index contributed by atoms with van der Waals surface area (Å²) in [7, 11) is 2.16. The Morgan fingerprint density at radius 1 is 1.33 bits per heavy atom. The summed E-state index contributed by atoms with van der Waals surface area (Å²) in [5, 5.41) is 0. The minimum Gasteiger partial charge on any atom is -0.369 e. The number of nitrogens with two attached hydrogens (primary N) is 1. The second-order valence-corrected chi connectivity index (χ2v) is 7.43. The second-order valence-electron chi connectivity index (χ2n) is 7.43. The molecule has 4 nitrogen and oxygen atoms in total. The van der Waals surface area contributed by atoms with E-state index in [9.17, 15) is 0 Å². The number of rotatable bonds is 4. The van der Waals surface area contributed by atoms with Gasteiger partial charge in [-0.15, -0.1) is 0 Å². The summed E-state index contributed by atoms with van der Waals surface area (Å²) in [5.74, 6) is 1.22. The lowest BCUT2D eigenvalue weighted by Crippen LogP contribution is -2.38. The molecule has 2 rings (SSSR count). The molecule has 1 aromatic heterocycles. The van der Waals surface area contributed by atoms with E-state index in [-0.39, 0.29) is 0 Å². The van der Waals surface area contributed by atoms with Crippen molar-refractivity contribution in [1.82, 2.24) is 9.97 Å². The third-order valence-electron chi connectivity index (χ3n) is 4.81. The maximum atomic E-state index is 5.91. The molecule has 0 unspecified atom stereocenters. The molecule has 2 N–H and O–H groups in total. The van der Waals surface area contributed by atoms with E-state index in [0.717, 1.165) is 17.2 Å². The SMILES string of the molecule is CC(C)c1ncc(N(C)C2CCC(C)(C)CC2)c(CN)n1. The van der Waals surface area contributed by atoms with E-state index in [1.54, 1.807) is 0 Å². The van der Waals surface area contributed by atoms with E-state index in [1.165, 1.54) is 25.7 Å². The van der Waals surface area contributed by atoms with Crippen LogP contribution in [0, 0.1) is 5.41 Å². The van der Waals surface area contributed by atoms with Crippen LogP contribution < -0.4 is 10.6 Å². The third-order valence-corrected chi connectivity index (χ3v) is 4.81. The number of aromatic nitrogens is 2. The largest absolute Gasteiger partial charge is 0.369 e. The van der Waals surface area contributed by atoms with Crippen molar-refractivity contribution in [3.8, 4) is 0 Å². The maximum Gasteiger partial charge on any atom is 0.131 e. The van der Waals surface area contributed by atoms with E-state index in [1.807, 2.05) is 6.20 Å². The molecule has 1 aliphatic carbocycles. The van der Waals surface area contributed by atoms with E-state index < -0.39 is 0 Å². The van der Waals surface area contributed by atoms with Crippen molar-refractivity contribution in [2.24, 2.45) is 11.1 Å². The fourth-order valence-electron chi connectivity index (χ4n) is 3.12. The highest BCUT2D eigenvalue weighted by atomic mass is 15.2. The van der Waals surface area contributed by atoms with Crippen LogP contribution in [-0.4, -0.2) is 23.1 Å². The van der Waals surface area contributed by atoms with Crippen molar-refractivity contribution in [1.29, 1.82) is 0 Å². The van der Waals surface area contributed by atoms with Crippen LogP contribution in [0.4, 0.5) is 5.69 Å². The minimum absolute atomic E-state index is 0.338. The molecule has 0 amide bonds. The molecule has 1 heterocycles. The van der Waals surface area contributed by atoms with Gasteiger partial charge in [0.1, 0.15) is 5.82 Å². The molecule has 1 fully saturated rings. The third kappa shape index (κ3) is 3.73. The van der Waals surface area contributed by atoms with Gasteiger partial charge in [-0.05, 0) is 31.1 Å². The number of hydrogen-bond acceptors (Lipinski definition) is 4. The summed E-state index contributed by atoms with van der Waals surface area (Å²) in [5.41, 5.74) is 8.48. The summed E-state index contributed by atoms with van der Waals surface area (Å²) in [6.45, 7) is 9.44. The lowest BCUT2D eigenvalue weighted by Gasteiger charge is -2.39. The smallest absolute Gasteiger partial charge is 0.131 e. The Morgan fingerprint density at radius 3 is 2.48 bits per heavy atom. The van der Waals surface area contributed by atoms with Gasteiger partial charge >= 0.3 is 0 Å². The quantitative estimate of drug-likeness (QED) is 0.922. The average molecular weight is 290 g/mol. The van der Waals surface area contributed by atoms with Gasteiger partial charge in [0.15, 0.2) is 0 Å². The van der Waals surface area contributed by atoms with Gasteiger partial charge in [-0.2, -0.15) is 0 Å². The van der Waals surface area contributed by atoms with Crippen LogP contribution >= 0.6 is 0 Å². The highest BCUT2D eigenvalue weighted by molar-refractivity contribution is 5.49. The molecule has 1 saturated carbocycles. The van der Waals surface area contributed by atoms with Crippen molar-refractivity contribution < 1.29 is 0 Å². The topological polar surface area (TPSA) is 55.0 Å². The monoisotopic (exact) mass is 290 g/mol. The van der Waals surface area contributed by atoms with E-state index >= 15 is 0 Å². The van der Waals surface area contributed by atoms with Gasteiger partial charge < -0.3 is 10.6 Å². The van der Waals surface area contributed by atoms with Crippen molar-refractivity contribution in [2.75, 3.05) is 11.9 Å². The average Bonchev–Trinajstić information content (AvgIpc) is 2.45. The van der Waals surface area contributed by atoms with Crippen LogP contribution in [0.3, 0.4) is 0 Å². The van der Waals surface area contributed by atoms with Gasteiger partial charge in [0.2, 0.25) is 0 Å². The fraction of sp³-hybridized carbons (Fsp3) is 0.765. The number of hydrogen-bond donors (Lipinski definition) is 1. The molecule has 0 atom stereocenters. The number of nitrogens with zero attached hydrogens (tertiary/aromatic N) is 3. The predicted octanol–water partition coefficient (Wildman–Crippen LogP) is 3.46. The highest BCUT2D eigenvalue weighted by Crippen LogP contribution is 2.38. The van der Waals surface area contributed by atoms with Crippen LogP contribution in [0.2, 0.25) is 0 Å². The zero-order chi connectivity index (χ0) is 15.6. The van der Waals surface area contributed by atoms with Crippen LogP contribution in [0.5, 0.6) is 0 Å². The molecule has 0 aliphatic heterocycles. The van der Waals surface area contributed by atoms with Crippen LogP contribution in [0.25, 0.3) is 0 Å². The molecule has 0 bridgehead atoms. The summed E-state index contributed by atoms with van der Waals surface area (Å²) in [6, 6.07) is 0.580. The molecule has 0 radical (unpaired) electrons. The van der Waals surface area contributed by atoms with Crippen LogP contribution in [0.15, 0.2) is 6.20 Å². The number of anilines is 1. The predicted molar refractivity (Wildman–Crippen MR) is 88.5 cm³/mol. The van der Waals surface area contributed by atoms with Gasteiger partial charge in [0.05, 0.1) is 17.6 Å². The zero-order valence-electron chi connectivity index (χ0n) is 14.2. The Bertz CT molecular complexity index is 472. The molecule has 4 heteroatoms. The Hall–Kier alpha value is -1.16. The van der Waals surface area contributed by atoms with E-state index in [0.29, 0.717) is 23.9 Å². The second kappa shape index (κ2) is 6.30. The minimum atomic E-state index is 0.338. The first-order valence-electron chi connectivity index (χ1n) is 8.13. The van der Waals surface area contributed by atoms with Crippen molar-refractivity contribution >= 4 is 5.69 Å². The molecule has 1 aromatic rings. The normalized spacial score (nSPS) is 19.0. The first kappa shape index (κ1) is 16.2. The molecule has 0 aromatic carbocycles. The van der Waals surface area contributed by atoms with Crippen LogP contribution in [0.1, 0.15) is 70.8 Å². The fourth-order valence-corrected chi connectivity index (χ4v) is 3.12.